The second-order valence-corrected chi connectivity index (χ2v) is 10.8. The monoisotopic (exact) mass is 489 g/mol. The molecule has 0 amide bonds. The number of ether oxygens (including phenoxy) is 1. The third-order valence-corrected chi connectivity index (χ3v) is 8.08. The molecule has 0 saturated carbocycles. The van der Waals surface area contributed by atoms with Crippen LogP contribution in [0.3, 0.4) is 0 Å². The van der Waals surface area contributed by atoms with E-state index in [9.17, 15) is 13.2 Å². The minimum Gasteiger partial charge on any atom is -0.492 e. The molecule has 0 radical (unpaired) electrons. The van der Waals surface area contributed by atoms with E-state index in [2.05, 4.69) is 4.98 Å². The Morgan fingerprint density at radius 3 is 2.44 bits per heavy atom. The average molecular weight is 490 g/mol. The van der Waals surface area contributed by atoms with Crippen molar-refractivity contribution in [2.75, 3.05) is 20.7 Å². The predicted molar refractivity (Wildman–Crippen MR) is 127 cm³/mol. The molecule has 166 valence electrons. The number of nitrogens with zero attached hydrogens (tertiary/aromatic N) is 3. The van der Waals surface area contributed by atoms with Crippen LogP contribution in [0.1, 0.15) is 0 Å². The van der Waals surface area contributed by atoms with Crippen LogP contribution < -0.4 is 10.3 Å². The maximum absolute atomic E-state index is 12.9. The number of hydrogen-bond acceptors (Lipinski definition) is 6. The van der Waals surface area contributed by atoms with Gasteiger partial charge in [0.15, 0.2) is 0 Å². The maximum Gasteiger partial charge on any atom is 0.271 e. The van der Waals surface area contributed by atoms with Gasteiger partial charge >= 0.3 is 0 Å². The van der Waals surface area contributed by atoms with Crippen molar-refractivity contribution in [1.29, 1.82) is 0 Å². The smallest absolute Gasteiger partial charge is 0.271 e. The van der Waals surface area contributed by atoms with Gasteiger partial charge in [0.25, 0.3) is 5.56 Å². The van der Waals surface area contributed by atoms with Gasteiger partial charge in [-0.2, -0.15) is 0 Å². The summed E-state index contributed by atoms with van der Waals surface area (Å²) in [7, 11) is -0.524. The van der Waals surface area contributed by atoms with Crippen LogP contribution in [0.5, 0.6) is 5.75 Å². The SMILES string of the molecule is CN(C)S(=O)(=O)c1ccc(OCCn2cnc3cc(-c4ccc(Cl)cc4)sc3c2=O)cc1. The molecule has 2 aromatic heterocycles. The summed E-state index contributed by atoms with van der Waals surface area (Å²) in [4.78, 5) is 18.4. The molecule has 0 unspecified atom stereocenters. The molecule has 32 heavy (non-hydrogen) atoms. The zero-order chi connectivity index (χ0) is 22.9. The van der Waals surface area contributed by atoms with E-state index < -0.39 is 10.0 Å². The summed E-state index contributed by atoms with van der Waals surface area (Å²) in [5, 5.41) is 0.657. The standard InChI is InChI=1S/C22H20ClN3O4S2/c1-25(2)32(28,29)18-9-7-17(8-10-18)30-12-11-26-14-24-19-13-20(31-21(19)22(26)27)15-3-5-16(23)6-4-15/h3-10,13-14H,11-12H2,1-2H3. The molecule has 0 N–H and O–H groups in total. The van der Waals surface area contributed by atoms with Gasteiger partial charge in [0.2, 0.25) is 10.0 Å². The first-order valence-electron chi connectivity index (χ1n) is 9.66. The summed E-state index contributed by atoms with van der Waals surface area (Å²) in [6.45, 7) is 0.552. The molecule has 0 aliphatic carbocycles. The molecule has 0 atom stereocenters. The quantitative estimate of drug-likeness (QED) is 0.390. The van der Waals surface area contributed by atoms with Crippen molar-refractivity contribution in [2.24, 2.45) is 0 Å². The van der Waals surface area contributed by atoms with Crippen molar-refractivity contribution >= 4 is 43.2 Å². The molecule has 7 nitrogen and oxygen atoms in total. The highest BCUT2D eigenvalue weighted by molar-refractivity contribution is 7.89. The number of sulfonamides is 1. The number of benzene rings is 2. The van der Waals surface area contributed by atoms with Gasteiger partial charge in [-0.1, -0.05) is 23.7 Å². The molecule has 0 saturated heterocycles. The van der Waals surface area contributed by atoms with E-state index in [1.54, 1.807) is 12.1 Å². The number of hydrogen-bond donors (Lipinski definition) is 0. The summed E-state index contributed by atoms with van der Waals surface area (Å²) < 4.78 is 33.2. The Hall–Kier alpha value is -2.72. The van der Waals surface area contributed by atoms with Gasteiger partial charge in [0.05, 0.1) is 23.3 Å². The number of thiophene rings is 1. The van der Waals surface area contributed by atoms with E-state index in [0.29, 0.717) is 27.5 Å². The van der Waals surface area contributed by atoms with Crippen LogP contribution in [0.15, 0.2) is 70.6 Å². The third kappa shape index (κ3) is 4.56. The first-order chi connectivity index (χ1) is 15.3. The zero-order valence-electron chi connectivity index (χ0n) is 17.4. The zero-order valence-corrected chi connectivity index (χ0v) is 19.7. The summed E-state index contributed by atoms with van der Waals surface area (Å²) in [5.74, 6) is 0.519. The van der Waals surface area contributed by atoms with E-state index in [0.717, 1.165) is 14.7 Å². The van der Waals surface area contributed by atoms with Crippen LogP contribution in [0.4, 0.5) is 0 Å². The molecule has 4 rings (SSSR count). The molecule has 0 spiro atoms. The van der Waals surface area contributed by atoms with E-state index in [-0.39, 0.29) is 17.1 Å². The van der Waals surface area contributed by atoms with Gasteiger partial charge in [-0.3, -0.25) is 9.36 Å². The second-order valence-electron chi connectivity index (χ2n) is 7.18. The topological polar surface area (TPSA) is 81.5 Å². The van der Waals surface area contributed by atoms with Gasteiger partial charge in [0.1, 0.15) is 17.1 Å². The molecule has 0 bridgehead atoms. The van der Waals surface area contributed by atoms with Crippen LogP contribution in [-0.2, 0) is 16.6 Å². The molecule has 0 fully saturated rings. The molecule has 2 aromatic carbocycles. The molecular formula is C22H20ClN3O4S2. The number of rotatable bonds is 7. The molecule has 4 aromatic rings. The second kappa shape index (κ2) is 9.03. The molecule has 0 aliphatic rings. The summed E-state index contributed by atoms with van der Waals surface area (Å²) in [6, 6.07) is 15.5. The first-order valence-corrected chi connectivity index (χ1v) is 12.3. The van der Waals surface area contributed by atoms with Crippen molar-refractivity contribution in [3.05, 3.63) is 76.3 Å². The van der Waals surface area contributed by atoms with Crippen molar-refractivity contribution in [3.63, 3.8) is 0 Å². The number of halogens is 1. The van der Waals surface area contributed by atoms with Crippen LogP contribution >= 0.6 is 22.9 Å². The maximum atomic E-state index is 12.9. The summed E-state index contributed by atoms with van der Waals surface area (Å²) >= 11 is 7.35. The fourth-order valence-corrected chi connectivity index (χ4v) is 5.13. The van der Waals surface area contributed by atoms with E-state index in [4.69, 9.17) is 16.3 Å². The predicted octanol–water partition coefficient (Wildman–Crippen LogP) is 4.11. The lowest BCUT2D eigenvalue weighted by Gasteiger charge is -2.12. The van der Waals surface area contributed by atoms with Crippen molar-refractivity contribution in [3.8, 4) is 16.2 Å². The largest absolute Gasteiger partial charge is 0.492 e. The minimum atomic E-state index is -3.49. The average Bonchev–Trinajstić information content (AvgIpc) is 3.21. The van der Waals surface area contributed by atoms with Crippen LogP contribution in [0, 0.1) is 0 Å². The van der Waals surface area contributed by atoms with Crippen LogP contribution in [0.25, 0.3) is 20.7 Å². The lowest BCUT2D eigenvalue weighted by atomic mass is 10.2. The van der Waals surface area contributed by atoms with Gasteiger partial charge in [0, 0.05) is 24.0 Å². The van der Waals surface area contributed by atoms with E-state index in [1.807, 2.05) is 30.3 Å². The van der Waals surface area contributed by atoms with Gasteiger partial charge in [-0.25, -0.2) is 17.7 Å². The van der Waals surface area contributed by atoms with Crippen LogP contribution in [-0.4, -0.2) is 43.0 Å². The van der Waals surface area contributed by atoms with Crippen molar-refractivity contribution < 1.29 is 13.2 Å². The Bertz CT molecular complexity index is 1410. The molecule has 10 heteroatoms. The third-order valence-electron chi connectivity index (χ3n) is 4.84. The molecular weight excluding hydrogens is 470 g/mol. The van der Waals surface area contributed by atoms with Crippen molar-refractivity contribution in [1.82, 2.24) is 13.9 Å². The van der Waals surface area contributed by atoms with Gasteiger partial charge in [-0.05, 0) is 48.0 Å². The highest BCUT2D eigenvalue weighted by atomic mass is 35.5. The Morgan fingerprint density at radius 1 is 1.09 bits per heavy atom. The highest BCUT2D eigenvalue weighted by Gasteiger charge is 2.16. The Balaban J connectivity index is 1.46. The van der Waals surface area contributed by atoms with Crippen LogP contribution in [0.2, 0.25) is 5.02 Å². The normalized spacial score (nSPS) is 11.9. The fourth-order valence-electron chi connectivity index (χ4n) is 3.04. The number of aromatic nitrogens is 2. The van der Waals surface area contributed by atoms with E-state index in [1.165, 1.54) is 48.5 Å². The first kappa shape index (κ1) is 22.5. The van der Waals surface area contributed by atoms with Crippen molar-refractivity contribution in [2.45, 2.75) is 11.4 Å². The Kier molecular flexibility index (Phi) is 6.34. The fraction of sp³-hybridized carbons (Fsp3) is 0.182. The Labute approximate surface area is 194 Å². The highest BCUT2D eigenvalue weighted by Crippen LogP contribution is 2.31. The van der Waals surface area contributed by atoms with E-state index >= 15 is 0 Å². The lowest BCUT2D eigenvalue weighted by Crippen LogP contribution is -2.23. The van der Waals surface area contributed by atoms with Gasteiger partial charge in [-0.15, -0.1) is 11.3 Å². The molecule has 2 heterocycles. The Morgan fingerprint density at radius 2 is 1.78 bits per heavy atom. The lowest BCUT2D eigenvalue weighted by molar-refractivity contribution is 0.296. The molecule has 0 aliphatic heterocycles. The van der Waals surface area contributed by atoms with Gasteiger partial charge < -0.3 is 4.74 Å². The minimum absolute atomic E-state index is 0.128. The number of fused-ring (bicyclic) bond motifs is 1. The summed E-state index contributed by atoms with van der Waals surface area (Å²) in [6.07, 6.45) is 1.51. The summed E-state index contributed by atoms with van der Waals surface area (Å²) in [5.41, 5.74) is 1.50.